The van der Waals surface area contributed by atoms with Gasteiger partial charge in [0, 0.05) is 24.0 Å². The number of nitrogens with one attached hydrogen (secondary N) is 1. The molecule has 1 aromatic rings. The van der Waals surface area contributed by atoms with Gasteiger partial charge < -0.3 is 10.1 Å². The van der Waals surface area contributed by atoms with E-state index >= 15 is 0 Å². The summed E-state index contributed by atoms with van der Waals surface area (Å²) < 4.78 is 6.67. The number of ether oxygens (including phenoxy) is 1. The molecular weight excluding hydrogens is 254 g/mol. The predicted octanol–water partition coefficient (Wildman–Crippen LogP) is 2.54. The summed E-state index contributed by atoms with van der Waals surface area (Å²) in [5.74, 6) is 0.483. The maximum absolute atomic E-state index is 5.54. The van der Waals surface area contributed by atoms with Crippen molar-refractivity contribution in [1.82, 2.24) is 5.32 Å². The van der Waals surface area contributed by atoms with E-state index in [2.05, 4.69) is 45.5 Å². The molecule has 0 aliphatic carbocycles. The van der Waals surface area contributed by atoms with Crippen LogP contribution in [0.2, 0.25) is 0 Å². The second-order valence-electron chi connectivity index (χ2n) is 3.92. The Morgan fingerprint density at radius 2 is 2.07 bits per heavy atom. The molecule has 2 rings (SSSR count). The summed E-state index contributed by atoms with van der Waals surface area (Å²) in [5, 5.41) is 3.42. The van der Waals surface area contributed by atoms with Crippen LogP contribution in [0.5, 0.6) is 0 Å². The maximum atomic E-state index is 5.54. The Morgan fingerprint density at radius 3 is 2.73 bits per heavy atom. The molecule has 2 nitrogen and oxygen atoms in total. The molecule has 1 aliphatic rings. The normalized spacial score (nSPS) is 26.5. The molecule has 0 spiro atoms. The Kier molecular flexibility index (Phi) is 3.78. The average molecular weight is 270 g/mol. The quantitative estimate of drug-likeness (QED) is 0.891. The monoisotopic (exact) mass is 269 g/mol. The molecule has 1 saturated heterocycles. The van der Waals surface area contributed by atoms with Crippen LogP contribution in [0.15, 0.2) is 28.7 Å². The lowest BCUT2D eigenvalue weighted by Crippen LogP contribution is -2.39. The molecule has 2 unspecified atom stereocenters. The highest BCUT2D eigenvalue weighted by atomic mass is 79.9. The minimum atomic E-state index is 0.354. The minimum Gasteiger partial charge on any atom is -0.381 e. The van der Waals surface area contributed by atoms with E-state index in [0.717, 1.165) is 24.0 Å². The van der Waals surface area contributed by atoms with Crippen LogP contribution in [0.4, 0.5) is 0 Å². The first-order valence-electron chi connectivity index (χ1n) is 5.30. The molecule has 1 fully saturated rings. The molecular formula is C12H16BrNO. The molecule has 0 saturated carbocycles. The Bertz CT molecular complexity index is 312. The van der Waals surface area contributed by atoms with Crippen LogP contribution in [0.25, 0.3) is 0 Å². The van der Waals surface area contributed by atoms with Crippen molar-refractivity contribution in [3.8, 4) is 0 Å². The molecule has 0 aromatic heterocycles. The first-order chi connectivity index (χ1) is 7.31. The fraction of sp³-hybridized carbons (Fsp3) is 0.500. The zero-order chi connectivity index (χ0) is 10.7. The molecule has 0 radical (unpaired) electrons. The topological polar surface area (TPSA) is 21.3 Å². The molecule has 0 bridgehead atoms. The third-order valence-corrected chi connectivity index (χ3v) is 3.55. The van der Waals surface area contributed by atoms with Gasteiger partial charge in [-0.05, 0) is 30.7 Å². The van der Waals surface area contributed by atoms with Crippen molar-refractivity contribution in [3.05, 3.63) is 34.3 Å². The van der Waals surface area contributed by atoms with Crippen LogP contribution in [0.3, 0.4) is 0 Å². The van der Waals surface area contributed by atoms with E-state index in [0.29, 0.717) is 12.0 Å². The third-order valence-electron chi connectivity index (χ3n) is 3.02. The smallest absolute Gasteiger partial charge is 0.0664 e. The first kappa shape index (κ1) is 11.1. The molecule has 0 amide bonds. The van der Waals surface area contributed by atoms with E-state index in [1.54, 1.807) is 0 Å². The van der Waals surface area contributed by atoms with Crippen LogP contribution >= 0.6 is 15.9 Å². The van der Waals surface area contributed by atoms with E-state index in [-0.39, 0.29) is 0 Å². The van der Waals surface area contributed by atoms with Crippen LogP contribution in [0, 0.1) is 0 Å². The zero-order valence-electron chi connectivity index (χ0n) is 8.87. The van der Waals surface area contributed by atoms with Gasteiger partial charge in [-0.3, -0.25) is 0 Å². The van der Waals surface area contributed by atoms with Crippen molar-refractivity contribution in [2.24, 2.45) is 0 Å². The number of rotatable bonds is 2. The highest BCUT2D eigenvalue weighted by Gasteiger charge is 2.25. The Morgan fingerprint density at radius 1 is 1.33 bits per heavy atom. The Balaban J connectivity index is 2.16. The highest BCUT2D eigenvalue weighted by molar-refractivity contribution is 9.10. The number of hydrogen-bond donors (Lipinski definition) is 1. The van der Waals surface area contributed by atoms with E-state index in [4.69, 9.17) is 4.74 Å². The fourth-order valence-electron chi connectivity index (χ4n) is 2.16. The molecule has 1 aliphatic heterocycles. The van der Waals surface area contributed by atoms with Gasteiger partial charge in [0.15, 0.2) is 0 Å². The van der Waals surface area contributed by atoms with Gasteiger partial charge >= 0.3 is 0 Å². The first-order valence-corrected chi connectivity index (χ1v) is 6.09. The molecule has 82 valence electrons. The van der Waals surface area contributed by atoms with Gasteiger partial charge in [-0.2, -0.15) is 0 Å². The molecule has 1 heterocycles. The van der Waals surface area contributed by atoms with Crippen molar-refractivity contribution >= 4 is 15.9 Å². The third kappa shape index (κ3) is 2.60. The largest absolute Gasteiger partial charge is 0.381 e. The van der Waals surface area contributed by atoms with Gasteiger partial charge in [-0.15, -0.1) is 0 Å². The van der Waals surface area contributed by atoms with Crippen molar-refractivity contribution < 1.29 is 4.74 Å². The summed E-state index contributed by atoms with van der Waals surface area (Å²) in [6, 6.07) is 8.54. The summed E-state index contributed by atoms with van der Waals surface area (Å²) in [4.78, 5) is 0. The SMILES string of the molecule is COC1CCNCC1c1ccc(Br)cc1. The second-order valence-corrected chi connectivity index (χ2v) is 4.84. The second kappa shape index (κ2) is 5.10. The van der Waals surface area contributed by atoms with Crippen LogP contribution in [-0.2, 0) is 4.74 Å². The van der Waals surface area contributed by atoms with Gasteiger partial charge in [0.25, 0.3) is 0 Å². The summed E-state index contributed by atoms with van der Waals surface area (Å²) in [6.45, 7) is 2.08. The number of piperidine rings is 1. The van der Waals surface area contributed by atoms with Gasteiger partial charge in [0.1, 0.15) is 0 Å². The zero-order valence-corrected chi connectivity index (χ0v) is 10.5. The predicted molar refractivity (Wildman–Crippen MR) is 65.2 cm³/mol. The Hall–Kier alpha value is -0.380. The van der Waals surface area contributed by atoms with Crippen LogP contribution in [0.1, 0.15) is 17.9 Å². The highest BCUT2D eigenvalue weighted by Crippen LogP contribution is 2.26. The molecule has 15 heavy (non-hydrogen) atoms. The molecule has 1 N–H and O–H groups in total. The molecule has 2 atom stereocenters. The molecule has 1 aromatic carbocycles. The van der Waals surface area contributed by atoms with Crippen LogP contribution in [-0.4, -0.2) is 26.3 Å². The van der Waals surface area contributed by atoms with E-state index in [1.807, 2.05) is 7.11 Å². The van der Waals surface area contributed by atoms with Crippen molar-refractivity contribution in [1.29, 1.82) is 0 Å². The number of benzene rings is 1. The number of halogens is 1. The maximum Gasteiger partial charge on any atom is 0.0664 e. The lowest BCUT2D eigenvalue weighted by molar-refractivity contribution is 0.0585. The van der Waals surface area contributed by atoms with E-state index in [1.165, 1.54) is 5.56 Å². The van der Waals surface area contributed by atoms with Crippen molar-refractivity contribution in [3.63, 3.8) is 0 Å². The lowest BCUT2D eigenvalue weighted by atomic mass is 9.89. The fourth-order valence-corrected chi connectivity index (χ4v) is 2.42. The van der Waals surface area contributed by atoms with Crippen molar-refractivity contribution in [2.45, 2.75) is 18.4 Å². The number of methoxy groups -OCH3 is 1. The van der Waals surface area contributed by atoms with E-state index < -0.39 is 0 Å². The average Bonchev–Trinajstić information content (AvgIpc) is 2.30. The molecule has 3 heteroatoms. The number of hydrogen-bond acceptors (Lipinski definition) is 2. The van der Waals surface area contributed by atoms with Gasteiger partial charge in [-0.25, -0.2) is 0 Å². The van der Waals surface area contributed by atoms with Crippen LogP contribution < -0.4 is 5.32 Å². The standard InChI is InChI=1S/C12H16BrNO/c1-15-12-6-7-14-8-11(12)9-2-4-10(13)5-3-9/h2-5,11-12,14H,6-8H2,1H3. The van der Waals surface area contributed by atoms with Gasteiger partial charge in [0.2, 0.25) is 0 Å². The van der Waals surface area contributed by atoms with E-state index in [9.17, 15) is 0 Å². The van der Waals surface area contributed by atoms with Gasteiger partial charge in [0.05, 0.1) is 6.10 Å². The summed E-state index contributed by atoms with van der Waals surface area (Å²) >= 11 is 3.45. The summed E-state index contributed by atoms with van der Waals surface area (Å²) in [5.41, 5.74) is 1.36. The summed E-state index contributed by atoms with van der Waals surface area (Å²) in [6.07, 6.45) is 1.45. The lowest BCUT2D eigenvalue weighted by Gasteiger charge is -2.31. The Labute approximate surface area is 99.1 Å². The van der Waals surface area contributed by atoms with Crippen molar-refractivity contribution in [2.75, 3.05) is 20.2 Å². The minimum absolute atomic E-state index is 0.354. The summed E-state index contributed by atoms with van der Waals surface area (Å²) in [7, 11) is 1.81. The van der Waals surface area contributed by atoms with Gasteiger partial charge in [-0.1, -0.05) is 28.1 Å².